The van der Waals surface area contributed by atoms with Crippen LogP contribution >= 0.6 is 15.9 Å². The minimum Gasteiger partial charge on any atom is -0.497 e. The van der Waals surface area contributed by atoms with Gasteiger partial charge in [-0.3, -0.25) is 9.59 Å². The summed E-state index contributed by atoms with van der Waals surface area (Å²) in [5.74, 6) is 0.424. The molecule has 22 heavy (non-hydrogen) atoms. The maximum atomic E-state index is 12.1. The first-order chi connectivity index (χ1) is 10.6. The van der Waals surface area contributed by atoms with E-state index in [1.807, 2.05) is 0 Å². The van der Waals surface area contributed by atoms with Gasteiger partial charge in [0.2, 0.25) is 0 Å². The molecule has 0 radical (unpaired) electrons. The number of aromatic nitrogens is 2. The number of aryl methyl sites for hydroxylation is 1. The average molecular weight is 366 g/mol. The predicted molar refractivity (Wildman–Crippen MR) is 86.1 cm³/mol. The van der Waals surface area contributed by atoms with Crippen molar-refractivity contribution in [3.63, 3.8) is 0 Å². The molecule has 0 bridgehead atoms. The molecule has 2 aromatic rings. The van der Waals surface area contributed by atoms with E-state index in [0.717, 1.165) is 0 Å². The second kappa shape index (κ2) is 7.74. The van der Waals surface area contributed by atoms with E-state index in [2.05, 4.69) is 26.3 Å². The van der Waals surface area contributed by atoms with Crippen LogP contribution in [0.4, 0.5) is 0 Å². The van der Waals surface area contributed by atoms with Gasteiger partial charge in [0.1, 0.15) is 5.75 Å². The van der Waals surface area contributed by atoms with Crippen molar-refractivity contribution < 1.29 is 9.53 Å². The molecule has 1 amide bonds. The summed E-state index contributed by atoms with van der Waals surface area (Å²) < 4.78 is 7.18. The first kappa shape index (κ1) is 16.2. The molecule has 1 aromatic heterocycles. The van der Waals surface area contributed by atoms with Gasteiger partial charge in [0, 0.05) is 29.8 Å². The zero-order valence-corrected chi connectivity index (χ0v) is 13.7. The van der Waals surface area contributed by atoms with Gasteiger partial charge in [-0.1, -0.05) is 0 Å². The average Bonchev–Trinajstić information content (AvgIpc) is 2.53. The summed E-state index contributed by atoms with van der Waals surface area (Å²) in [6, 6.07) is 8.26. The van der Waals surface area contributed by atoms with Crippen LogP contribution in [0.25, 0.3) is 0 Å². The second-order valence-corrected chi connectivity index (χ2v) is 5.39. The molecule has 0 saturated heterocycles. The Labute approximate surface area is 136 Å². The van der Waals surface area contributed by atoms with Crippen LogP contribution in [0, 0.1) is 0 Å². The maximum absolute atomic E-state index is 12.1. The Kier molecular flexibility index (Phi) is 5.71. The molecule has 7 heteroatoms. The van der Waals surface area contributed by atoms with Crippen LogP contribution in [-0.2, 0) is 6.54 Å². The van der Waals surface area contributed by atoms with E-state index in [4.69, 9.17) is 4.74 Å². The molecule has 1 N–H and O–H groups in total. The minimum absolute atomic E-state index is 0.149. The highest BCUT2D eigenvalue weighted by molar-refractivity contribution is 9.10. The van der Waals surface area contributed by atoms with Gasteiger partial charge in [-0.15, -0.1) is 0 Å². The number of nitrogens with one attached hydrogen (secondary N) is 1. The summed E-state index contributed by atoms with van der Waals surface area (Å²) in [6.45, 7) is 0.907. The van der Waals surface area contributed by atoms with Crippen LogP contribution in [0.15, 0.2) is 45.8 Å². The Hall–Kier alpha value is -2.15. The van der Waals surface area contributed by atoms with Gasteiger partial charge < -0.3 is 10.1 Å². The Morgan fingerprint density at radius 2 is 2.23 bits per heavy atom. The highest BCUT2D eigenvalue weighted by Crippen LogP contribution is 2.22. The summed E-state index contributed by atoms with van der Waals surface area (Å²) in [6.07, 6.45) is 2.18. The van der Waals surface area contributed by atoms with Crippen LogP contribution in [0.3, 0.4) is 0 Å². The predicted octanol–water partition coefficient (Wildman–Crippen LogP) is 1.83. The van der Waals surface area contributed by atoms with Crippen molar-refractivity contribution >= 4 is 21.8 Å². The molecule has 116 valence electrons. The van der Waals surface area contributed by atoms with Crippen LogP contribution in [0.2, 0.25) is 0 Å². The van der Waals surface area contributed by atoms with Crippen molar-refractivity contribution in [3.8, 4) is 5.75 Å². The molecule has 2 rings (SSSR count). The van der Waals surface area contributed by atoms with Crippen molar-refractivity contribution in [2.45, 2.75) is 13.0 Å². The van der Waals surface area contributed by atoms with Gasteiger partial charge >= 0.3 is 0 Å². The fraction of sp³-hybridized carbons (Fsp3) is 0.267. The zero-order chi connectivity index (χ0) is 15.9. The zero-order valence-electron chi connectivity index (χ0n) is 12.1. The highest BCUT2D eigenvalue weighted by Gasteiger charge is 2.10. The van der Waals surface area contributed by atoms with Crippen LogP contribution in [0.5, 0.6) is 5.75 Å². The molecule has 0 aliphatic carbocycles. The van der Waals surface area contributed by atoms with Gasteiger partial charge in [-0.25, -0.2) is 4.68 Å². The standard InChI is InChI=1S/C15H16BrN3O3/c1-22-11-5-6-13(16)12(10-11)15(21)17-7-3-9-19-14(20)4-2-8-18-19/h2,4-6,8,10H,3,7,9H2,1H3,(H,17,21). The van der Waals surface area contributed by atoms with Gasteiger partial charge in [0.05, 0.1) is 12.7 Å². The first-order valence-corrected chi connectivity index (χ1v) is 7.55. The van der Waals surface area contributed by atoms with Crippen molar-refractivity contribution in [2.24, 2.45) is 0 Å². The van der Waals surface area contributed by atoms with E-state index in [0.29, 0.717) is 35.3 Å². The molecule has 0 saturated carbocycles. The lowest BCUT2D eigenvalue weighted by atomic mass is 10.2. The van der Waals surface area contributed by atoms with E-state index in [1.54, 1.807) is 37.6 Å². The number of benzene rings is 1. The maximum Gasteiger partial charge on any atom is 0.266 e. The Bertz CT molecular complexity index is 715. The van der Waals surface area contributed by atoms with Crippen LogP contribution in [0.1, 0.15) is 16.8 Å². The van der Waals surface area contributed by atoms with E-state index in [-0.39, 0.29) is 11.5 Å². The summed E-state index contributed by atoms with van der Waals surface area (Å²) in [4.78, 5) is 23.6. The highest BCUT2D eigenvalue weighted by atomic mass is 79.9. The number of amides is 1. The molecule has 1 heterocycles. The molecular formula is C15H16BrN3O3. The quantitative estimate of drug-likeness (QED) is 0.792. The number of rotatable bonds is 6. The van der Waals surface area contributed by atoms with E-state index in [1.165, 1.54) is 10.7 Å². The van der Waals surface area contributed by atoms with Crippen LogP contribution in [-0.4, -0.2) is 29.3 Å². The fourth-order valence-corrected chi connectivity index (χ4v) is 2.31. The van der Waals surface area contributed by atoms with Gasteiger partial charge in [-0.2, -0.15) is 5.10 Å². The number of carbonyl (C=O) groups excluding carboxylic acids is 1. The number of hydrogen-bond donors (Lipinski definition) is 1. The summed E-state index contributed by atoms with van der Waals surface area (Å²) in [7, 11) is 1.55. The van der Waals surface area contributed by atoms with Crippen molar-refractivity contribution in [2.75, 3.05) is 13.7 Å². The van der Waals surface area contributed by atoms with Crippen molar-refractivity contribution in [1.29, 1.82) is 0 Å². The SMILES string of the molecule is COc1ccc(Br)c(C(=O)NCCCn2ncccc2=O)c1. The summed E-state index contributed by atoms with van der Waals surface area (Å²) >= 11 is 3.34. The third-order valence-electron chi connectivity index (χ3n) is 3.04. The summed E-state index contributed by atoms with van der Waals surface area (Å²) in [5, 5.41) is 6.77. The summed E-state index contributed by atoms with van der Waals surface area (Å²) in [5.41, 5.74) is 0.360. The number of methoxy groups -OCH3 is 1. The van der Waals surface area contributed by atoms with E-state index >= 15 is 0 Å². The third kappa shape index (κ3) is 4.17. The topological polar surface area (TPSA) is 73.2 Å². The largest absolute Gasteiger partial charge is 0.497 e. The molecule has 0 fully saturated rings. The lowest BCUT2D eigenvalue weighted by Gasteiger charge is -2.09. The Morgan fingerprint density at radius 1 is 1.41 bits per heavy atom. The molecule has 0 aliphatic heterocycles. The second-order valence-electron chi connectivity index (χ2n) is 4.54. The molecule has 0 aliphatic rings. The van der Waals surface area contributed by atoms with Crippen molar-refractivity contribution in [3.05, 3.63) is 56.9 Å². The van der Waals surface area contributed by atoms with E-state index < -0.39 is 0 Å². The monoisotopic (exact) mass is 365 g/mol. The minimum atomic E-state index is -0.195. The molecule has 0 unspecified atom stereocenters. The normalized spacial score (nSPS) is 10.3. The number of ether oxygens (including phenoxy) is 1. The number of nitrogens with zero attached hydrogens (tertiary/aromatic N) is 2. The smallest absolute Gasteiger partial charge is 0.266 e. The molecular weight excluding hydrogens is 350 g/mol. The lowest BCUT2D eigenvalue weighted by molar-refractivity contribution is 0.0951. The van der Waals surface area contributed by atoms with Crippen LogP contribution < -0.4 is 15.6 Å². The Morgan fingerprint density at radius 3 is 2.95 bits per heavy atom. The lowest BCUT2D eigenvalue weighted by Crippen LogP contribution is -2.28. The molecule has 1 aromatic carbocycles. The Balaban J connectivity index is 1.88. The number of halogens is 1. The van der Waals surface area contributed by atoms with Gasteiger partial charge in [0.15, 0.2) is 0 Å². The number of carbonyl (C=O) groups is 1. The van der Waals surface area contributed by atoms with Gasteiger partial charge in [-0.05, 0) is 46.6 Å². The van der Waals surface area contributed by atoms with Gasteiger partial charge in [0.25, 0.3) is 11.5 Å². The molecule has 6 nitrogen and oxygen atoms in total. The number of hydrogen-bond acceptors (Lipinski definition) is 4. The third-order valence-corrected chi connectivity index (χ3v) is 3.73. The fourth-order valence-electron chi connectivity index (χ4n) is 1.89. The van der Waals surface area contributed by atoms with E-state index in [9.17, 15) is 9.59 Å². The van der Waals surface area contributed by atoms with Crippen molar-refractivity contribution in [1.82, 2.24) is 15.1 Å². The molecule has 0 atom stereocenters. The molecule has 0 spiro atoms. The first-order valence-electron chi connectivity index (χ1n) is 6.75.